The highest BCUT2D eigenvalue weighted by atomic mass is 16.2. The average molecular weight is 393 g/mol. The number of aryl methyl sites for hydroxylation is 1. The van der Waals surface area contributed by atoms with Gasteiger partial charge < -0.3 is 14.5 Å². The van der Waals surface area contributed by atoms with E-state index in [-0.39, 0.29) is 23.7 Å². The Morgan fingerprint density at radius 1 is 1.10 bits per heavy atom. The number of nitrogens with zero attached hydrogens (tertiary/aromatic N) is 3. The van der Waals surface area contributed by atoms with Crippen LogP contribution < -0.4 is 0 Å². The van der Waals surface area contributed by atoms with E-state index in [0.29, 0.717) is 6.54 Å². The molecule has 1 aliphatic rings. The van der Waals surface area contributed by atoms with Crippen molar-refractivity contribution >= 4 is 22.6 Å². The van der Waals surface area contributed by atoms with Gasteiger partial charge in [0.2, 0.25) is 5.78 Å². The normalized spacial score (nSPS) is 19.6. The van der Waals surface area contributed by atoms with Crippen molar-refractivity contribution in [2.75, 3.05) is 6.54 Å². The van der Waals surface area contributed by atoms with E-state index >= 15 is 0 Å². The minimum atomic E-state index is -0.326. The molecule has 152 valence electrons. The van der Waals surface area contributed by atoms with Crippen LogP contribution in [0.3, 0.4) is 0 Å². The molecule has 0 spiro atoms. The number of nitrogens with one attached hydrogen (secondary N) is 1. The topological polar surface area (TPSA) is 71.0 Å². The minimum Gasteiger partial charge on any atom is -0.361 e. The Morgan fingerprint density at radius 2 is 1.97 bits per heavy atom. The number of rotatable bonds is 9. The van der Waals surface area contributed by atoms with E-state index in [4.69, 9.17) is 0 Å². The van der Waals surface area contributed by atoms with Crippen molar-refractivity contribution in [1.82, 2.24) is 19.4 Å². The summed E-state index contributed by atoms with van der Waals surface area (Å²) in [4.78, 5) is 35.1. The maximum Gasteiger partial charge on any atom is 0.290 e. The van der Waals surface area contributed by atoms with Crippen LogP contribution in [-0.4, -0.2) is 37.7 Å². The van der Waals surface area contributed by atoms with Gasteiger partial charge in [-0.25, -0.2) is 4.98 Å². The number of carbonyl (C=O) groups excluding carboxylic acids is 2. The monoisotopic (exact) mass is 392 g/mol. The number of ketones is 1. The quantitative estimate of drug-likeness (QED) is 0.440. The molecule has 6 heteroatoms. The zero-order chi connectivity index (χ0) is 20.2. The molecule has 1 aliphatic heterocycles. The fraction of sp³-hybridized carbons (Fsp3) is 0.435. The summed E-state index contributed by atoms with van der Waals surface area (Å²) in [7, 11) is 0. The van der Waals surface area contributed by atoms with Crippen molar-refractivity contribution in [2.45, 2.75) is 51.6 Å². The van der Waals surface area contributed by atoms with Gasteiger partial charge in [-0.15, -0.1) is 0 Å². The van der Waals surface area contributed by atoms with E-state index in [1.807, 2.05) is 40.1 Å². The van der Waals surface area contributed by atoms with E-state index < -0.39 is 0 Å². The lowest BCUT2D eigenvalue weighted by Crippen LogP contribution is -2.31. The SMILES string of the molecule is CCCCCC1C(=O)C(=O)N(CCCn2ccnc2)C1c1c[nH]c2ccccc12. The molecule has 3 aromatic rings. The number of aromatic amines is 1. The van der Waals surface area contributed by atoms with E-state index in [0.717, 1.165) is 55.1 Å². The Labute approximate surface area is 170 Å². The van der Waals surface area contributed by atoms with Gasteiger partial charge in [0, 0.05) is 48.1 Å². The highest BCUT2D eigenvalue weighted by molar-refractivity contribution is 6.39. The molecule has 0 aliphatic carbocycles. The number of carbonyl (C=O) groups is 2. The predicted molar refractivity (Wildman–Crippen MR) is 112 cm³/mol. The van der Waals surface area contributed by atoms with E-state index in [9.17, 15) is 9.59 Å². The van der Waals surface area contributed by atoms with E-state index in [1.54, 1.807) is 12.5 Å². The number of H-pyrrole nitrogens is 1. The summed E-state index contributed by atoms with van der Waals surface area (Å²) in [5.41, 5.74) is 2.10. The Morgan fingerprint density at radius 3 is 2.76 bits per heavy atom. The minimum absolute atomic E-state index is 0.189. The van der Waals surface area contributed by atoms with Gasteiger partial charge in [0.25, 0.3) is 5.91 Å². The standard InChI is InChI=1S/C23H28N4O2/c1-2-3-4-9-18-21(19-15-25-20-10-6-5-8-17(19)20)27(23(29)22(18)28)13-7-12-26-14-11-24-16-26/h5-6,8,10-11,14-16,18,21,25H,2-4,7,9,12-13H2,1H3. The first-order valence-corrected chi connectivity index (χ1v) is 10.6. The lowest BCUT2D eigenvalue weighted by Gasteiger charge is -2.27. The summed E-state index contributed by atoms with van der Waals surface area (Å²) in [6, 6.07) is 7.92. The van der Waals surface area contributed by atoms with Gasteiger partial charge in [-0.2, -0.15) is 0 Å². The van der Waals surface area contributed by atoms with Crippen LogP contribution in [0.5, 0.6) is 0 Å². The average Bonchev–Trinajstić information content (AvgIpc) is 3.45. The number of amides is 1. The van der Waals surface area contributed by atoms with Crippen LogP contribution in [0.15, 0.2) is 49.2 Å². The molecule has 1 fully saturated rings. The highest BCUT2D eigenvalue weighted by Crippen LogP contribution is 2.41. The van der Waals surface area contributed by atoms with Crippen LogP contribution in [0.2, 0.25) is 0 Å². The summed E-state index contributed by atoms with van der Waals surface area (Å²) < 4.78 is 2.00. The molecule has 1 amide bonds. The Balaban J connectivity index is 1.61. The molecule has 0 radical (unpaired) electrons. The fourth-order valence-electron chi connectivity index (χ4n) is 4.50. The first-order chi connectivity index (χ1) is 14.2. The first kappa shape index (κ1) is 19.4. The van der Waals surface area contributed by atoms with Crippen molar-refractivity contribution < 1.29 is 9.59 Å². The maximum absolute atomic E-state index is 12.9. The van der Waals surface area contributed by atoms with Crippen LogP contribution in [0.1, 0.15) is 50.6 Å². The van der Waals surface area contributed by atoms with E-state index in [1.165, 1.54) is 0 Å². The Bertz CT molecular complexity index is 976. The fourth-order valence-corrected chi connectivity index (χ4v) is 4.50. The number of aromatic nitrogens is 3. The van der Waals surface area contributed by atoms with Crippen molar-refractivity contribution in [3.63, 3.8) is 0 Å². The van der Waals surface area contributed by atoms with Crippen molar-refractivity contribution in [3.05, 3.63) is 54.7 Å². The zero-order valence-electron chi connectivity index (χ0n) is 16.9. The second kappa shape index (κ2) is 8.64. The summed E-state index contributed by atoms with van der Waals surface area (Å²) in [6.07, 6.45) is 12.1. The smallest absolute Gasteiger partial charge is 0.290 e. The Hall–Kier alpha value is -2.89. The van der Waals surface area contributed by atoms with Crippen LogP contribution >= 0.6 is 0 Å². The molecule has 0 bridgehead atoms. The van der Waals surface area contributed by atoms with Crippen LogP contribution in [0, 0.1) is 5.92 Å². The molecule has 2 unspecified atom stereocenters. The summed E-state index contributed by atoms with van der Waals surface area (Å²) in [6.45, 7) is 3.50. The number of likely N-dealkylation sites (tertiary alicyclic amines) is 1. The molecule has 1 saturated heterocycles. The van der Waals surface area contributed by atoms with Crippen LogP contribution in [0.25, 0.3) is 10.9 Å². The summed E-state index contributed by atoms with van der Waals surface area (Å²) in [5.74, 6) is -0.812. The number of para-hydroxylation sites is 1. The van der Waals surface area contributed by atoms with Crippen molar-refractivity contribution in [2.24, 2.45) is 5.92 Å². The molecule has 29 heavy (non-hydrogen) atoms. The molecule has 0 saturated carbocycles. The van der Waals surface area contributed by atoms with Gasteiger partial charge in [-0.05, 0) is 18.9 Å². The summed E-state index contributed by atoms with van der Waals surface area (Å²) in [5, 5.41) is 1.10. The van der Waals surface area contributed by atoms with Gasteiger partial charge in [-0.1, -0.05) is 44.4 Å². The molecule has 6 nitrogen and oxygen atoms in total. The largest absolute Gasteiger partial charge is 0.361 e. The number of fused-ring (bicyclic) bond motifs is 1. The van der Waals surface area contributed by atoms with Gasteiger partial charge >= 0.3 is 0 Å². The molecule has 3 heterocycles. The number of benzene rings is 1. The van der Waals surface area contributed by atoms with Crippen LogP contribution in [0.4, 0.5) is 0 Å². The highest BCUT2D eigenvalue weighted by Gasteiger charge is 2.47. The Kier molecular flexibility index (Phi) is 5.79. The molecule has 1 N–H and O–H groups in total. The third-order valence-electron chi connectivity index (χ3n) is 5.96. The summed E-state index contributed by atoms with van der Waals surface area (Å²) >= 11 is 0. The molecular weight excluding hydrogens is 364 g/mol. The second-order valence-corrected chi connectivity index (χ2v) is 7.85. The maximum atomic E-state index is 12.9. The predicted octanol–water partition coefficient (Wildman–Crippen LogP) is 4.10. The number of imidazole rings is 1. The third-order valence-corrected chi connectivity index (χ3v) is 5.96. The molecular formula is C23H28N4O2. The number of hydrogen-bond donors (Lipinski definition) is 1. The zero-order valence-corrected chi connectivity index (χ0v) is 16.9. The number of unbranched alkanes of at least 4 members (excludes halogenated alkanes) is 2. The third kappa shape index (κ3) is 3.84. The lowest BCUT2D eigenvalue weighted by atomic mass is 9.88. The molecule has 2 aromatic heterocycles. The lowest BCUT2D eigenvalue weighted by molar-refractivity contribution is -0.141. The molecule has 1 aromatic carbocycles. The van der Waals surface area contributed by atoms with Gasteiger partial charge in [0.15, 0.2) is 0 Å². The van der Waals surface area contributed by atoms with Gasteiger partial charge in [0.05, 0.1) is 18.3 Å². The van der Waals surface area contributed by atoms with Crippen LogP contribution in [-0.2, 0) is 16.1 Å². The van der Waals surface area contributed by atoms with E-state index in [2.05, 4.69) is 23.0 Å². The number of hydrogen-bond acceptors (Lipinski definition) is 3. The number of Topliss-reactive ketones (excluding diaryl/α,β-unsaturated/α-hetero) is 1. The van der Waals surface area contributed by atoms with Crippen molar-refractivity contribution in [1.29, 1.82) is 0 Å². The van der Waals surface area contributed by atoms with Gasteiger partial charge in [0.1, 0.15) is 0 Å². The second-order valence-electron chi connectivity index (χ2n) is 7.85. The molecule has 4 rings (SSSR count). The first-order valence-electron chi connectivity index (χ1n) is 10.6. The van der Waals surface area contributed by atoms with Crippen molar-refractivity contribution in [3.8, 4) is 0 Å². The van der Waals surface area contributed by atoms with Gasteiger partial charge in [-0.3, -0.25) is 9.59 Å². The molecule has 2 atom stereocenters.